The summed E-state index contributed by atoms with van der Waals surface area (Å²) in [4.78, 5) is 26.0. The van der Waals surface area contributed by atoms with Crippen LogP contribution in [0.5, 0.6) is 0 Å². The third kappa shape index (κ3) is 3.28. The number of halogens is 1. The first-order valence-electron chi connectivity index (χ1n) is 7.49. The topological polar surface area (TPSA) is 49.4 Å². The lowest BCUT2D eigenvalue weighted by molar-refractivity contribution is -0.121. The van der Waals surface area contributed by atoms with Crippen LogP contribution in [0.1, 0.15) is 24.9 Å². The van der Waals surface area contributed by atoms with Gasteiger partial charge in [-0.2, -0.15) is 0 Å². The van der Waals surface area contributed by atoms with Crippen LogP contribution >= 0.6 is 11.6 Å². The third-order valence-electron chi connectivity index (χ3n) is 3.98. The van der Waals surface area contributed by atoms with Crippen molar-refractivity contribution in [3.05, 3.63) is 65.2 Å². The Morgan fingerprint density at radius 2 is 1.74 bits per heavy atom. The Morgan fingerprint density at radius 3 is 2.39 bits per heavy atom. The molecule has 0 bridgehead atoms. The van der Waals surface area contributed by atoms with Crippen molar-refractivity contribution in [2.45, 2.75) is 25.4 Å². The summed E-state index contributed by atoms with van der Waals surface area (Å²) in [5.41, 5.74) is 1.64. The number of anilines is 1. The highest BCUT2D eigenvalue weighted by atomic mass is 35.5. The zero-order valence-electron chi connectivity index (χ0n) is 12.7. The summed E-state index contributed by atoms with van der Waals surface area (Å²) in [7, 11) is 0. The number of benzene rings is 2. The highest BCUT2D eigenvalue weighted by Gasteiger charge is 2.39. The Labute approximate surface area is 140 Å². The molecule has 2 aromatic rings. The monoisotopic (exact) mass is 328 g/mol. The minimum atomic E-state index is -0.506. The van der Waals surface area contributed by atoms with Gasteiger partial charge in [0.15, 0.2) is 0 Å². The van der Waals surface area contributed by atoms with E-state index in [0.29, 0.717) is 10.7 Å². The van der Waals surface area contributed by atoms with Gasteiger partial charge in [0.2, 0.25) is 5.91 Å². The maximum atomic E-state index is 12.6. The molecule has 0 saturated carbocycles. The van der Waals surface area contributed by atoms with E-state index in [1.165, 1.54) is 4.90 Å². The van der Waals surface area contributed by atoms with Gasteiger partial charge in [0.25, 0.3) is 5.91 Å². The highest BCUT2D eigenvalue weighted by molar-refractivity contribution is 6.30. The molecule has 118 valence electrons. The zero-order valence-corrected chi connectivity index (χ0v) is 13.5. The van der Waals surface area contributed by atoms with Gasteiger partial charge in [0.05, 0.1) is 18.2 Å². The molecule has 1 fully saturated rings. The maximum absolute atomic E-state index is 12.6. The van der Waals surface area contributed by atoms with E-state index in [-0.39, 0.29) is 24.3 Å². The summed E-state index contributed by atoms with van der Waals surface area (Å²) in [6.07, 6.45) is 0.165. The second-order valence-electron chi connectivity index (χ2n) is 5.60. The lowest BCUT2D eigenvalue weighted by atomic mass is 10.1. The molecule has 1 saturated heterocycles. The summed E-state index contributed by atoms with van der Waals surface area (Å²) < 4.78 is 0. The smallest absolute Gasteiger partial charge is 0.251 e. The van der Waals surface area contributed by atoms with Gasteiger partial charge in [0, 0.05) is 11.1 Å². The molecule has 4 nitrogen and oxygen atoms in total. The van der Waals surface area contributed by atoms with E-state index < -0.39 is 6.04 Å². The number of hydrogen-bond donors (Lipinski definition) is 1. The minimum Gasteiger partial charge on any atom is -0.299 e. The second-order valence-corrected chi connectivity index (χ2v) is 6.04. The van der Waals surface area contributed by atoms with Crippen molar-refractivity contribution in [3.63, 3.8) is 0 Å². The molecule has 1 heterocycles. The molecule has 23 heavy (non-hydrogen) atoms. The normalized spacial score (nSPS) is 19.2. The SMILES string of the molecule is C[C@@H](N[C@@H]1CC(=O)N(c2ccc(Cl)cc2)C1=O)c1ccccc1. The van der Waals surface area contributed by atoms with Crippen LogP contribution in [0.4, 0.5) is 5.69 Å². The highest BCUT2D eigenvalue weighted by Crippen LogP contribution is 2.25. The van der Waals surface area contributed by atoms with Gasteiger partial charge in [-0.15, -0.1) is 0 Å². The van der Waals surface area contributed by atoms with Crippen molar-refractivity contribution < 1.29 is 9.59 Å². The molecule has 1 aliphatic heterocycles. The number of nitrogens with zero attached hydrogens (tertiary/aromatic N) is 1. The largest absolute Gasteiger partial charge is 0.299 e. The van der Waals surface area contributed by atoms with Crippen LogP contribution in [0.2, 0.25) is 5.02 Å². The van der Waals surface area contributed by atoms with Gasteiger partial charge in [-0.25, -0.2) is 4.90 Å². The fourth-order valence-electron chi connectivity index (χ4n) is 2.76. The number of hydrogen-bond acceptors (Lipinski definition) is 3. The molecular weight excluding hydrogens is 312 g/mol. The van der Waals surface area contributed by atoms with E-state index in [1.807, 2.05) is 37.3 Å². The summed E-state index contributed by atoms with van der Waals surface area (Å²) in [5, 5.41) is 3.82. The number of carbonyl (C=O) groups excluding carboxylic acids is 2. The summed E-state index contributed by atoms with van der Waals surface area (Å²) in [5.74, 6) is -0.421. The number of rotatable bonds is 4. The first-order valence-corrected chi connectivity index (χ1v) is 7.87. The van der Waals surface area contributed by atoms with Crippen molar-refractivity contribution in [1.29, 1.82) is 0 Å². The maximum Gasteiger partial charge on any atom is 0.251 e. The lowest BCUT2D eigenvalue weighted by Crippen LogP contribution is -2.39. The standard InChI is InChI=1S/C18H17ClN2O2/c1-12(13-5-3-2-4-6-13)20-16-11-17(22)21(18(16)23)15-9-7-14(19)8-10-15/h2-10,12,16,20H,11H2,1H3/t12-,16-/m1/s1. The number of amides is 2. The van der Waals surface area contributed by atoms with Crippen LogP contribution in [-0.4, -0.2) is 17.9 Å². The quantitative estimate of drug-likeness (QED) is 0.876. The molecular formula is C18H17ClN2O2. The average Bonchev–Trinajstić information content (AvgIpc) is 2.83. The minimum absolute atomic E-state index is 0.0110. The molecule has 0 aromatic heterocycles. The molecule has 2 atom stereocenters. The Bertz CT molecular complexity index is 716. The average molecular weight is 329 g/mol. The first-order chi connectivity index (χ1) is 11.1. The van der Waals surface area contributed by atoms with E-state index in [2.05, 4.69) is 5.32 Å². The molecule has 2 aromatic carbocycles. The predicted octanol–water partition coefficient (Wildman–Crippen LogP) is 3.32. The van der Waals surface area contributed by atoms with Crippen molar-refractivity contribution in [3.8, 4) is 0 Å². The summed E-state index contributed by atoms with van der Waals surface area (Å²) in [6.45, 7) is 1.98. The van der Waals surface area contributed by atoms with Gasteiger partial charge in [-0.05, 0) is 36.8 Å². The Balaban J connectivity index is 1.75. The molecule has 0 aliphatic carbocycles. The van der Waals surface area contributed by atoms with Crippen LogP contribution in [0, 0.1) is 0 Å². The Morgan fingerprint density at radius 1 is 1.09 bits per heavy atom. The van der Waals surface area contributed by atoms with Gasteiger partial charge in [0.1, 0.15) is 0 Å². The summed E-state index contributed by atoms with van der Waals surface area (Å²) in [6, 6.07) is 16.0. The molecule has 0 unspecified atom stereocenters. The molecule has 2 amide bonds. The van der Waals surface area contributed by atoms with E-state index in [4.69, 9.17) is 11.6 Å². The van der Waals surface area contributed by atoms with Crippen LogP contribution in [0.15, 0.2) is 54.6 Å². The Hall–Kier alpha value is -2.17. The number of nitrogens with one attached hydrogen (secondary N) is 1. The fraction of sp³-hybridized carbons (Fsp3) is 0.222. The van der Waals surface area contributed by atoms with E-state index in [9.17, 15) is 9.59 Å². The molecule has 5 heteroatoms. The van der Waals surface area contributed by atoms with E-state index >= 15 is 0 Å². The molecule has 0 radical (unpaired) electrons. The van der Waals surface area contributed by atoms with Crippen molar-refractivity contribution in [1.82, 2.24) is 5.32 Å². The predicted molar refractivity (Wildman–Crippen MR) is 90.3 cm³/mol. The van der Waals surface area contributed by atoms with Crippen LogP contribution < -0.4 is 10.2 Å². The molecule has 1 aliphatic rings. The summed E-state index contributed by atoms with van der Waals surface area (Å²) >= 11 is 5.86. The van der Waals surface area contributed by atoms with Crippen molar-refractivity contribution in [2.75, 3.05) is 4.90 Å². The van der Waals surface area contributed by atoms with Crippen LogP contribution in [0.25, 0.3) is 0 Å². The number of imide groups is 1. The molecule has 0 spiro atoms. The van der Waals surface area contributed by atoms with E-state index in [1.54, 1.807) is 24.3 Å². The molecule has 3 rings (SSSR count). The van der Waals surface area contributed by atoms with Crippen LogP contribution in [0.3, 0.4) is 0 Å². The third-order valence-corrected chi connectivity index (χ3v) is 4.23. The van der Waals surface area contributed by atoms with Gasteiger partial charge >= 0.3 is 0 Å². The van der Waals surface area contributed by atoms with Gasteiger partial charge in [-0.3, -0.25) is 14.9 Å². The lowest BCUT2D eigenvalue weighted by Gasteiger charge is -2.19. The van der Waals surface area contributed by atoms with Crippen molar-refractivity contribution >= 4 is 29.1 Å². The van der Waals surface area contributed by atoms with Crippen molar-refractivity contribution in [2.24, 2.45) is 0 Å². The zero-order chi connectivity index (χ0) is 16.4. The van der Waals surface area contributed by atoms with Gasteiger partial charge in [-0.1, -0.05) is 41.9 Å². The second kappa shape index (κ2) is 6.52. The first kappa shape index (κ1) is 15.7. The van der Waals surface area contributed by atoms with Crippen LogP contribution in [-0.2, 0) is 9.59 Å². The van der Waals surface area contributed by atoms with Gasteiger partial charge < -0.3 is 0 Å². The fourth-order valence-corrected chi connectivity index (χ4v) is 2.89. The van der Waals surface area contributed by atoms with E-state index in [0.717, 1.165) is 5.56 Å². The Kier molecular flexibility index (Phi) is 4.46. The molecule has 1 N–H and O–H groups in total. The number of carbonyl (C=O) groups is 2.